The summed E-state index contributed by atoms with van der Waals surface area (Å²) in [6.07, 6.45) is 15.9. The number of hydrogen-bond donors (Lipinski definition) is 0. The summed E-state index contributed by atoms with van der Waals surface area (Å²) < 4.78 is 1.64. The molecule has 0 radical (unpaired) electrons. The second kappa shape index (κ2) is 11.3. The largest absolute Gasteiger partial charge is 0.268 e. The van der Waals surface area contributed by atoms with Gasteiger partial charge in [-0.05, 0) is 35.8 Å². The van der Waals surface area contributed by atoms with Crippen LogP contribution in [0.15, 0.2) is 104 Å². The lowest BCUT2D eigenvalue weighted by Gasteiger charge is -2.17. The standard InChI is InChI=1S/C27H28N2O/c1-6-10-19-23(14-7-2)29-26(20-21(5)22-17-12-11-13-18-22)28-25(16-9-4)24(15-8-3)27(29)30/h6-19,21H,1-4,20H2,5H3/b19-10-,23-14+,24-15+,25-16+. The van der Waals surface area contributed by atoms with Crippen LogP contribution in [0.4, 0.5) is 0 Å². The third-order valence-corrected chi connectivity index (χ3v) is 4.58. The Morgan fingerprint density at radius 1 is 1.03 bits per heavy atom. The van der Waals surface area contributed by atoms with E-state index >= 15 is 0 Å². The lowest BCUT2D eigenvalue weighted by Crippen LogP contribution is -2.48. The molecule has 1 atom stereocenters. The lowest BCUT2D eigenvalue weighted by molar-refractivity contribution is 0.682. The van der Waals surface area contributed by atoms with Crippen molar-refractivity contribution in [1.29, 1.82) is 0 Å². The van der Waals surface area contributed by atoms with Gasteiger partial charge in [-0.15, -0.1) is 0 Å². The first kappa shape index (κ1) is 22.6. The molecular formula is C27H28N2O. The van der Waals surface area contributed by atoms with Gasteiger partial charge in [0.15, 0.2) is 0 Å². The molecule has 1 heterocycles. The number of nitrogens with zero attached hydrogens (tertiary/aromatic N) is 2. The molecule has 0 spiro atoms. The van der Waals surface area contributed by atoms with Crippen LogP contribution >= 0.6 is 0 Å². The second-order valence-corrected chi connectivity index (χ2v) is 6.71. The molecule has 3 nitrogen and oxygen atoms in total. The number of aromatic nitrogens is 2. The molecule has 0 bridgehead atoms. The summed E-state index contributed by atoms with van der Waals surface area (Å²) in [5.74, 6) is 0.830. The number of allylic oxidation sites excluding steroid dienone is 8. The van der Waals surface area contributed by atoms with Gasteiger partial charge in [-0.2, -0.15) is 0 Å². The topological polar surface area (TPSA) is 34.9 Å². The maximum Gasteiger partial charge on any atom is 0.265 e. The van der Waals surface area contributed by atoms with E-state index in [1.54, 1.807) is 53.2 Å². The first-order valence-electron chi connectivity index (χ1n) is 9.82. The van der Waals surface area contributed by atoms with Gasteiger partial charge in [0.05, 0.1) is 16.3 Å². The monoisotopic (exact) mass is 396 g/mol. The van der Waals surface area contributed by atoms with Crippen LogP contribution in [0.25, 0.3) is 17.8 Å². The average molecular weight is 397 g/mol. The highest BCUT2D eigenvalue weighted by Gasteiger charge is 2.15. The molecule has 2 aromatic rings. The minimum Gasteiger partial charge on any atom is -0.268 e. The zero-order valence-corrected chi connectivity index (χ0v) is 17.5. The van der Waals surface area contributed by atoms with E-state index in [4.69, 9.17) is 4.98 Å². The molecule has 1 aromatic carbocycles. The predicted molar refractivity (Wildman–Crippen MR) is 129 cm³/mol. The van der Waals surface area contributed by atoms with Crippen LogP contribution < -0.4 is 16.1 Å². The third kappa shape index (κ3) is 5.42. The van der Waals surface area contributed by atoms with Gasteiger partial charge in [-0.3, -0.25) is 9.36 Å². The van der Waals surface area contributed by atoms with Crippen molar-refractivity contribution in [3.8, 4) is 0 Å². The number of rotatable bonds is 9. The maximum absolute atomic E-state index is 13.5. The number of benzene rings is 1. The van der Waals surface area contributed by atoms with Crippen LogP contribution in [0.2, 0.25) is 0 Å². The Kier molecular flexibility index (Phi) is 8.52. The Balaban J connectivity index is 2.85. The van der Waals surface area contributed by atoms with Crippen LogP contribution in [0.5, 0.6) is 0 Å². The zero-order valence-electron chi connectivity index (χ0n) is 17.5. The van der Waals surface area contributed by atoms with Gasteiger partial charge in [0.2, 0.25) is 0 Å². The van der Waals surface area contributed by atoms with Gasteiger partial charge in [-0.25, -0.2) is 4.98 Å². The van der Waals surface area contributed by atoms with Crippen molar-refractivity contribution in [1.82, 2.24) is 9.55 Å². The van der Waals surface area contributed by atoms with Crippen molar-refractivity contribution in [3.63, 3.8) is 0 Å². The molecule has 0 aliphatic carbocycles. The number of hydrogen-bond acceptors (Lipinski definition) is 2. The van der Waals surface area contributed by atoms with Gasteiger partial charge < -0.3 is 0 Å². The molecule has 0 saturated heterocycles. The molecule has 1 aromatic heterocycles. The Bertz CT molecular complexity index is 1160. The minimum absolute atomic E-state index is 0.170. The van der Waals surface area contributed by atoms with Gasteiger partial charge in [0.25, 0.3) is 5.56 Å². The summed E-state index contributed by atoms with van der Waals surface area (Å²) in [5, 5.41) is 1.04. The first-order valence-corrected chi connectivity index (χ1v) is 9.82. The van der Waals surface area contributed by atoms with Crippen molar-refractivity contribution in [2.24, 2.45) is 0 Å². The highest BCUT2D eigenvalue weighted by molar-refractivity contribution is 5.60. The van der Waals surface area contributed by atoms with E-state index in [0.29, 0.717) is 28.5 Å². The zero-order chi connectivity index (χ0) is 21.9. The van der Waals surface area contributed by atoms with Gasteiger partial charge in [0.1, 0.15) is 5.82 Å². The molecule has 0 N–H and O–H groups in total. The third-order valence-electron chi connectivity index (χ3n) is 4.58. The maximum atomic E-state index is 13.5. The summed E-state index contributed by atoms with van der Waals surface area (Å²) in [6.45, 7) is 17.1. The molecule has 1 unspecified atom stereocenters. The quantitative estimate of drug-likeness (QED) is 0.593. The van der Waals surface area contributed by atoms with Gasteiger partial charge >= 0.3 is 0 Å². The molecule has 0 aliphatic rings. The van der Waals surface area contributed by atoms with Crippen molar-refractivity contribution in [3.05, 3.63) is 131 Å². The summed E-state index contributed by atoms with van der Waals surface area (Å²) in [7, 11) is 0. The highest BCUT2D eigenvalue weighted by Crippen LogP contribution is 2.19. The van der Waals surface area contributed by atoms with E-state index in [0.717, 1.165) is 0 Å². The first-order chi connectivity index (χ1) is 14.6. The molecule has 30 heavy (non-hydrogen) atoms. The van der Waals surface area contributed by atoms with Crippen molar-refractivity contribution in [2.45, 2.75) is 19.3 Å². The SMILES string of the molecule is C=C/C=C\C(=C/C=C)n1c(CC(C)c2ccccc2)nc(=C/C=C)/c(=C\C=C)c1=O. The summed E-state index contributed by atoms with van der Waals surface area (Å²) in [4.78, 5) is 18.4. The second-order valence-electron chi connectivity index (χ2n) is 6.71. The van der Waals surface area contributed by atoms with Crippen LogP contribution in [0, 0.1) is 0 Å². The van der Waals surface area contributed by atoms with Gasteiger partial charge in [0, 0.05) is 6.42 Å². The Labute approximate surface area is 178 Å². The van der Waals surface area contributed by atoms with E-state index in [9.17, 15) is 4.79 Å². The molecule has 0 amide bonds. The fourth-order valence-corrected chi connectivity index (χ4v) is 3.18. The predicted octanol–water partition coefficient (Wildman–Crippen LogP) is 4.29. The summed E-state index contributed by atoms with van der Waals surface area (Å²) in [6, 6.07) is 10.2. The molecule has 152 valence electrons. The molecule has 3 heteroatoms. The normalized spacial score (nSPS) is 14.0. The van der Waals surface area contributed by atoms with Crippen LogP contribution in [0.1, 0.15) is 24.2 Å². The van der Waals surface area contributed by atoms with Crippen LogP contribution in [-0.4, -0.2) is 9.55 Å². The van der Waals surface area contributed by atoms with Crippen LogP contribution in [0.3, 0.4) is 0 Å². The molecule has 0 aliphatic heterocycles. The summed E-state index contributed by atoms with van der Waals surface area (Å²) >= 11 is 0. The fourth-order valence-electron chi connectivity index (χ4n) is 3.18. The fraction of sp³-hybridized carbons (Fsp3) is 0.111. The van der Waals surface area contributed by atoms with Crippen molar-refractivity contribution < 1.29 is 0 Å². The minimum atomic E-state index is -0.171. The average Bonchev–Trinajstić information content (AvgIpc) is 2.75. The van der Waals surface area contributed by atoms with E-state index in [1.165, 1.54) is 5.56 Å². The Hall–Kier alpha value is -3.72. The highest BCUT2D eigenvalue weighted by atomic mass is 16.1. The molecule has 2 rings (SSSR count). The van der Waals surface area contributed by atoms with E-state index < -0.39 is 0 Å². The molecular weight excluding hydrogens is 368 g/mol. The smallest absolute Gasteiger partial charge is 0.265 e. The van der Waals surface area contributed by atoms with Crippen LogP contribution in [-0.2, 0) is 6.42 Å². The molecule has 0 fully saturated rings. The molecule has 0 saturated carbocycles. The summed E-state index contributed by atoms with van der Waals surface area (Å²) in [5.41, 5.74) is 1.68. The lowest BCUT2D eigenvalue weighted by atomic mass is 9.97. The van der Waals surface area contributed by atoms with E-state index in [2.05, 4.69) is 45.4 Å². The van der Waals surface area contributed by atoms with Gasteiger partial charge in [-0.1, -0.05) is 94.0 Å². The Morgan fingerprint density at radius 3 is 2.33 bits per heavy atom. The van der Waals surface area contributed by atoms with E-state index in [-0.39, 0.29) is 11.5 Å². The van der Waals surface area contributed by atoms with E-state index in [1.807, 2.05) is 24.3 Å². The van der Waals surface area contributed by atoms with Crippen molar-refractivity contribution in [2.75, 3.05) is 0 Å². The Morgan fingerprint density at radius 2 is 1.73 bits per heavy atom. The van der Waals surface area contributed by atoms with Crippen molar-refractivity contribution >= 4 is 17.8 Å².